The molecule has 0 fully saturated rings. The van der Waals surface area contributed by atoms with Crippen molar-refractivity contribution in [2.45, 2.75) is 13.3 Å². The van der Waals surface area contributed by atoms with Gasteiger partial charge in [-0.25, -0.2) is 4.39 Å². The number of amides is 1. The van der Waals surface area contributed by atoms with Crippen LogP contribution >= 0.6 is 22.9 Å². The van der Waals surface area contributed by atoms with E-state index in [0.717, 1.165) is 10.4 Å². The van der Waals surface area contributed by atoms with Gasteiger partial charge in [0.25, 0.3) is 5.89 Å². The third-order valence-corrected chi connectivity index (χ3v) is 4.33. The minimum absolute atomic E-state index is 0.0592. The Bertz CT molecular complexity index is 862. The van der Waals surface area contributed by atoms with Crippen molar-refractivity contribution in [3.8, 4) is 10.8 Å². The van der Waals surface area contributed by atoms with Crippen molar-refractivity contribution < 1.29 is 13.6 Å². The summed E-state index contributed by atoms with van der Waals surface area (Å²) in [7, 11) is 0. The fraction of sp³-hybridized carbons (Fsp3) is 0.133. The Labute approximate surface area is 140 Å². The maximum Gasteiger partial charge on any atom is 0.258 e. The maximum absolute atomic E-state index is 13.1. The number of nitrogens with one attached hydrogen (secondary N) is 1. The van der Waals surface area contributed by atoms with Crippen LogP contribution in [0.5, 0.6) is 0 Å². The molecular weight excluding hydrogens is 341 g/mol. The average Bonchev–Trinajstić information content (AvgIpc) is 3.11. The number of rotatable bonds is 4. The van der Waals surface area contributed by atoms with Crippen LogP contribution in [0.15, 0.2) is 34.1 Å². The zero-order valence-corrected chi connectivity index (χ0v) is 13.5. The number of anilines is 1. The molecule has 0 atom stereocenters. The third kappa shape index (κ3) is 3.57. The number of hydrogen-bond acceptors (Lipinski definition) is 5. The van der Waals surface area contributed by atoms with Gasteiger partial charge in [0.1, 0.15) is 12.2 Å². The number of aryl methyl sites for hydroxylation is 1. The first-order valence-electron chi connectivity index (χ1n) is 6.64. The number of aromatic nitrogens is 2. The van der Waals surface area contributed by atoms with Gasteiger partial charge in [0.15, 0.2) is 0 Å². The number of carbonyl (C=O) groups is 1. The Hall–Kier alpha value is -2.25. The van der Waals surface area contributed by atoms with E-state index in [4.69, 9.17) is 16.0 Å². The SMILES string of the molecule is Cc1ccsc1-c1nnc(CC(=O)Nc2ccc(F)c(Cl)c2)o1. The maximum atomic E-state index is 13.1. The van der Waals surface area contributed by atoms with Crippen molar-refractivity contribution in [2.75, 3.05) is 5.32 Å². The molecule has 0 spiro atoms. The molecule has 0 aliphatic heterocycles. The largest absolute Gasteiger partial charge is 0.419 e. The molecule has 3 rings (SSSR count). The van der Waals surface area contributed by atoms with Crippen molar-refractivity contribution in [2.24, 2.45) is 0 Å². The Morgan fingerprint density at radius 1 is 1.39 bits per heavy atom. The third-order valence-electron chi connectivity index (χ3n) is 3.04. The molecule has 0 aliphatic carbocycles. The summed E-state index contributed by atoms with van der Waals surface area (Å²) in [6, 6.07) is 5.90. The Morgan fingerprint density at radius 3 is 2.91 bits per heavy atom. The molecule has 8 heteroatoms. The smallest absolute Gasteiger partial charge is 0.258 e. The molecule has 1 aromatic carbocycles. The van der Waals surface area contributed by atoms with Gasteiger partial charge in [-0.2, -0.15) is 0 Å². The minimum atomic E-state index is -0.544. The molecule has 2 aromatic heterocycles. The number of carbonyl (C=O) groups excluding carboxylic acids is 1. The summed E-state index contributed by atoms with van der Waals surface area (Å²) in [5, 5.41) is 12.3. The summed E-state index contributed by atoms with van der Waals surface area (Å²) in [5.74, 6) is -0.299. The molecule has 0 aliphatic rings. The number of halogens is 2. The van der Waals surface area contributed by atoms with Gasteiger partial charge in [0.05, 0.1) is 9.90 Å². The highest BCUT2D eigenvalue weighted by Gasteiger charge is 2.15. The molecule has 23 heavy (non-hydrogen) atoms. The van der Waals surface area contributed by atoms with E-state index in [1.165, 1.54) is 29.5 Å². The van der Waals surface area contributed by atoms with Gasteiger partial charge in [-0.1, -0.05) is 11.6 Å². The van der Waals surface area contributed by atoms with Crippen molar-refractivity contribution in [1.82, 2.24) is 10.2 Å². The summed E-state index contributed by atoms with van der Waals surface area (Å²) in [6.45, 7) is 1.95. The van der Waals surface area contributed by atoms with Gasteiger partial charge in [0.2, 0.25) is 11.8 Å². The first-order chi connectivity index (χ1) is 11.0. The highest BCUT2D eigenvalue weighted by Crippen LogP contribution is 2.27. The van der Waals surface area contributed by atoms with Gasteiger partial charge in [-0.15, -0.1) is 21.5 Å². The lowest BCUT2D eigenvalue weighted by atomic mass is 10.3. The molecule has 1 N–H and O–H groups in total. The number of nitrogens with zero attached hydrogens (tertiary/aromatic N) is 2. The molecule has 1 amide bonds. The fourth-order valence-corrected chi connectivity index (χ4v) is 2.95. The Balaban J connectivity index is 1.67. The number of thiophene rings is 1. The van der Waals surface area contributed by atoms with Crippen molar-refractivity contribution in [1.29, 1.82) is 0 Å². The van der Waals surface area contributed by atoms with Crippen LogP contribution in [0.25, 0.3) is 10.8 Å². The zero-order valence-electron chi connectivity index (χ0n) is 12.0. The second kappa shape index (κ2) is 6.47. The van der Waals surface area contributed by atoms with Crippen LogP contribution in [0.4, 0.5) is 10.1 Å². The highest BCUT2D eigenvalue weighted by atomic mass is 35.5. The van der Waals surface area contributed by atoms with E-state index in [1.807, 2.05) is 18.4 Å². The van der Waals surface area contributed by atoms with E-state index in [-0.39, 0.29) is 23.2 Å². The van der Waals surface area contributed by atoms with E-state index >= 15 is 0 Å². The average molecular weight is 352 g/mol. The molecule has 0 radical (unpaired) electrons. The summed E-state index contributed by atoms with van der Waals surface area (Å²) in [4.78, 5) is 12.9. The van der Waals surface area contributed by atoms with Crippen LogP contribution in [0.2, 0.25) is 5.02 Å². The Morgan fingerprint density at radius 2 is 2.22 bits per heavy atom. The summed E-state index contributed by atoms with van der Waals surface area (Å²) >= 11 is 7.16. The molecule has 0 unspecified atom stereocenters. The topological polar surface area (TPSA) is 68.0 Å². The van der Waals surface area contributed by atoms with Crippen molar-refractivity contribution in [3.05, 3.63) is 51.9 Å². The predicted molar refractivity (Wildman–Crippen MR) is 86.1 cm³/mol. The quantitative estimate of drug-likeness (QED) is 0.769. The summed E-state index contributed by atoms with van der Waals surface area (Å²) in [5.41, 5.74) is 1.44. The van der Waals surface area contributed by atoms with Crippen molar-refractivity contribution in [3.63, 3.8) is 0 Å². The highest BCUT2D eigenvalue weighted by molar-refractivity contribution is 7.13. The van der Waals surface area contributed by atoms with E-state index in [1.54, 1.807) is 0 Å². The lowest BCUT2D eigenvalue weighted by molar-refractivity contribution is -0.115. The summed E-state index contributed by atoms with van der Waals surface area (Å²) in [6.07, 6.45) is -0.0770. The molecular formula is C15H11ClFN3O2S. The van der Waals surface area contributed by atoms with Crippen LogP contribution in [0, 0.1) is 12.7 Å². The van der Waals surface area contributed by atoms with Crippen LogP contribution in [-0.2, 0) is 11.2 Å². The first kappa shape index (κ1) is 15.6. The lowest BCUT2D eigenvalue weighted by Crippen LogP contribution is -2.14. The summed E-state index contributed by atoms with van der Waals surface area (Å²) < 4.78 is 18.6. The van der Waals surface area contributed by atoms with Crippen LogP contribution in [0.1, 0.15) is 11.5 Å². The van der Waals surface area contributed by atoms with Crippen molar-refractivity contribution >= 4 is 34.5 Å². The molecule has 0 bridgehead atoms. The van der Waals surface area contributed by atoms with Crippen LogP contribution in [-0.4, -0.2) is 16.1 Å². The van der Waals surface area contributed by atoms with Gasteiger partial charge < -0.3 is 9.73 Å². The second-order valence-corrected chi connectivity index (χ2v) is 6.11. The molecule has 2 heterocycles. The molecule has 0 saturated carbocycles. The standard InChI is InChI=1S/C15H11ClFN3O2S/c1-8-4-5-23-14(8)15-20-19-13(22-15)7-12(21)18-9-2-3-11(17)10(16)6-9/h2-6H,7H2,1H3,(H,18,21). The van der Waals surface area contributed by atoms with Gasteiger partial charge in [0, 0.05) is 5.69 Å². The normalized spacial score (nSPS) is 10.7. The van der Waals surface area contributed by atoms with E-state index in [2.05, 4.69) is 15.5 Å². The number of hydrogen-bond donors (Lipinski definition) is 1. The van der Waals surface area contributed by atoms with Gasteiger partial charge >= 0.3 is 0 Å². The van der Waals surface area contributed by atoms with Gasteiger partial charge in [-0.05, 0) is 42.1 Å². The zero-order chi connectivity index (χ0) is 16.4. The molecule has 118 valence electrons. The second-order valence-electron chi connectivity index (χ2n) is 4.79. The first-order valence-corrected chi connectivity index (χ1v) is 7.90. The monoisotopic (exact) mass is 351 g/mol. The van der Waals surface area contributed by atoms with E-state index in [9.17, 15) is 9.18 Å². The number of benzene rings is 1. The Kier molecular flexibility index (Phi) is 4.40. The lowest BCUT2D eigenvalue weighted by Gasteiger charge is -2.04. The fourth-order valence-electron chi connectivity index (χ4n) is 1.93. The predicted octanol–water partition coefficient (Wildman–Crippen LogP) is 4.08. The molecule has 5 nitrogen and oxygen atoms in total. The van der Waals surface area contributed by atoms with E-state index in [0.29, 0.717) is 11.6 Å². The van der Waals surface area contributed by atoms with Crippen LogP contribution in [0.3, 0.4) is 0 Å². The van der Waals surface area contributed by atoms with Crippen LogP contribution < -0.4 is 5.32 Å². The molecule has 0 saturated heterocycles. The van der Waals surface area contributed by atoms with E-state index < -0.39 is 5.82 Å². The minimum Gasteiger partial charge on any atom is -0.419 e. The van der Waals surface area contributed by atoms with Gasteiger partial charge in [-0.3, -0.25) is 4.79 Å². The molecule has 3 aromatic rings.